The molecule has 1 aliphatic carbocycles. The summed E-state index contributed by atoms with van der Waals surface area (Å²) in [6, 6.07) is 0. The quantitative estimate of drug-likeness (QED) is 0.588. The van der Waals surface area contributed by atoms with Gasteiger partial charge in [-0.1, -0.05) is 0 Å². The molecule has 3 heteroatoms. The number of hydrogen-bond acceptors (Lipinski definition) is 1. The maximum Gasteiger partial charge on any atom is 0.242 e. The molecule has 1 saturated carbocycles. The summed E-state index contributed by atoms with van der Waals surface area (Å²) in [7, 11) is 0. The molecule has 1 nitrogen and oxygen atoms in total. The zero-order valence-electron chi connectivity index (χ0n) is 5.74. The topological polar surface area (TPSA) is 12.0 Å². The Bertz CT molecular complexity index is 137. The fraction of sp³-hybridized carbons (Fsp3) is 1.00. The van der Waals surface area contributed by atoms with Crippen LogP contribution < -0.4 is 5.32 Å². The van der Waals surface area contributed by atoms with Crippen molar-refractivity contribution in [2.45, 2.75) is 19.3 Å². The lowest BCUT2D eigenvalue weighted by Crippen LogP contribution is -2.64. The molecule has 2 rings (SSSR count). The molecule has 10 heavy (non-hydrogen) atoms. The molecule has 1 heterocycles. The zero-order valence-corrected chi connectivity index (χ0v) is 5.74. The van der Waals surface area contributed by atoms with Crippen LogP contribution in [0.3, 0.4) is 0 Å². The summed E-state index contributed by atoms with van der Waals surface area (Å²) in [5.41, 5.74) is 0.0220. The first kappa shape index (κ1) is 6.53. The molecule has 1 aliphatic heterocycles. The summed E-state index contributed by atoms with van der Waals surface area (Å²) >= 11 is 0. The average Bonchev–Trinajstić information content (AvgIpc) is 1.53. The second-order valence-corrected chi connectivity index (χ2v) is 3.45. The van der Waals surface area contributed by atoms with Crippen LogP contribution >= 0.6 is 0 Å². The highest BCUT2D eigenvalue weighted by atomic mass is 19.3. The predicted octanol–water partition coefficient (Wildman–Crippen LogP) is 1.25. The first-order valence-corrected chi connectivity index (χ1v) is 3.73. The number of halogens is 2. The van der Waals surface area contributed by atoms with Crippen LogP contribution in [0.1, 0.15) is 12.8 Å². The van der Waals surface area contributed by atoms with E-state index in [2.05, 4.69) is 5.32 Å². The summed E-state index contributed by atoms with van der Waals surface area (Å²) in [6.07, 6.45) is -0.343. The van der Waals surface area contributed by atoms with Crippen molar-refractivity contribution in [3.63, 3.8) is 0 Å². The van der Waals surface area contributed by atoms with Gasteiger partial charge in [-0.25, -0.2) is 8.78 Å². The Kier molecular flexibility index (Phi) is 1.24. The van der Waals surface area contributed by atoms with Gasteiger partial charge in [-0.05, 0) is 12.8 Å². The molecule has 0 bridgehead atoms. The van der Waals surface area contributed by atoms with Crippen molar-refractivity contribution >= 4 is 0 Å². The number of rotatable bonds is 1. The first-order valence-electron chi connectivity index (χ1n) is 3.73. The van der Waals surface area contributed by atoms with Crippen molar-refractivity contribution in [3.05, 3.63) is 0 Å². The van der Waals surface area contributed by atoms with E-state index < -0.39 is 6.43 Å². The molecule has 1 spiro atoms. The highest BCUT2D eigenvalue weighted by Crippen LogP contribution is 2.51. The van der Waals surface area contributed by atoms with E-state index in [1.54, 1.807) is 0 Å². The van der Waals surface area contributed by atoms with E-state index in [9.17, 15) is 8.78 Å². The van der Waals surface area contributed by atoms with Crippen LogP contribution in [0, 0.1) is 11.3 Å². The molecular weight excluding hydrogens is 136 g/mol. The highest BCUT2D eigenvalue weighted by molar-refractivity contribution is 5.05. The standard InChI is InChI=1S/C7H11F2N/c8-6(9)5-1-2-7(5)3-10-4-7/h5-6,10H,1-4H2/t5-/m0/s1. The second-order valence-electron chi connectivity index (χ2n) is 3.45. The SMILES string of the molecule is FC(F)[C@@H]1CCC12CNC2. The number of alkyl halides is 2. The Morgan fingerprint density at radius 3 is 2.20 bits per heavy atom. The molecule has 0 radical (unpaired) electrons. The minimum atomic E-state index is -2.09. The van der Waals surface area contributed by atoms with Gasteiger partial charge in [0.2, 0.25) is 6.43 Å². The van der Waals surface area contributed by atoms with Crippen molar-refractivity contribution in [1.82, 2.24) is 5.32 Å². The Morgan fingerprint density at radius 1 is 1.40 bits per heavy atom. The molecule has 2 fully saturated rings. The van der Waals surface area contributed by atoms with Gasteiger partial charge in [-0.2, -0.15) is 0 Å². The molecular formula is C7H11F2N. The van der Waals surface area contributed by atoms with Gasteiger partial charge in [0, 0.05) is 24.4 Å². The van der Waals surface area contributed by atoms with Crippen LogP contribution in [-0.2, 0) is 0 Å². The Hall–Kier alpha value is -0.180. The van der Waals surface area contributed by atoms with Gasteiger partial charge < -0.3 is 5.32 Å². The van der Waals surface area contributed by atoms with E-state index >= 15 is 0 Å². The van der Waals surface area contributed by atoms with E-state index in [1.165, 1.54) is 0 Å². The van der Waals surface area contributed by atoms with Gasteiger partial charge in [0.1, 0.15) is 0 Å². The van der Waals surface area contributed by atoms with Crippen LogP contribution in [0.2, 0.25) is 0 Å². The van der Waals surface area contributed by atoms with E-state index in [1.807, 2.05) is 0 Å². The minimum absolute atomic E-state index is 0.0220. The third kappa shape index (κ3) is 0.641. The summed E-state index contributed by atoms with van der Waals surface area (Å²) in [6.45, 7) is 1.64. The monoisotopic (exact) mass is 147 g/mol. The maximum absolute atomic E-state index is 12.2. The molecule has 1 saturated heterocycles. The summed E-state index contributed by atoms with van der Waals surface area (Å²) in [4.78, 5) is 0. The lowest BCUT2D eigenvalue weighted by atomic mass is 9.57. The number of hydrogen-bond donors (Lipinski definition) is 1. The van der Waals surface area contributed by atoms with Gasteiger partial charge >= 0.3 is 0 Å². The van der Waals surface area contributed by atoms with Gasteiger partial charge in [0.15, 0.2) is 0 Å². The largest absolute Gasteiger partial charge is 0.316 e. The lowest BCUT2D eigenvalue weighted by molar-refractivity contribution is -0.109. The average molecular weight is 147 g/mol. The molecule has 0 unspecified atom stereocenters. The van der Waals surface area contributed by atoms with E-state index in [-0.39, 0.29) is 11.3 Å². The highest BCUT2D eigenvalue weighted by Gasteiger charge is 2.54. The number of nitrogens with one attached hydrogen (secondary N) is 1. The van der Waals surface area contributed by atoms with Crippen molar-refractivity contribution in [2.24, 2.45) is 11.3 Å². The van der Waals surface area contributed by atoms with Crippen LogP contribution in [0.4, 0.5) is 8.78 Å². The Morgan fingerprint density at radius 2 is 2.10 bits per heavy atom. The lowest BCUT2D eigenvalue weighted by Gasteiger charge is -2.55. The van der Waals surface area contributed by atoms with Crippen LogP contribution in [0.25, 0.3) is 0 Å². The smallest absolute Gasteiger partial charge is 0.242 e. The zero-order chi connectivity index (χ0) is 7.19. The summed E-state index contributed by atoms with van der Waals surface area (Å²) in [5, 5.41) is 3.06. The molecule has 1 atom stereocenters. The molecule has 1 N–H and O–H groups in total. The summed E-state index contributed by atoms with van der Waals surface area (Å²) < 4.78 is 24.3. The van der Waals surface area contributed by atoms with Crippen molar-refractivity contribution < 1.29 is 8.78 Å². The van der Waals surface area contributed by atoms with Crippen molar-refractivity contribution in [3.8, 4) is 0 Å². The molecule has 2 aliphatic rings. The fourth-order valence-corrected chi connectivity index (χ4v) is 2.00. The minimum Gasteiger partial charge on any atom is -0.316 e. The van der Waals surface area contributed by atoms with Crippen molar-refractivity contribution in [2.75, 3.05) is 13.1 Å². The first-order chi connectivity index (χ1) is 4.75. The molecule has 0 aromatic heterocycles. The third-order valence-electron chi connectivity index (χ3n) is 3.00. The Labute approximate surface area is 58.8 Å². The van der Waals surface area contributed by atoms with Gasteiger partial charge in [0.05, 0.1) is 0 Å². The molecule has 0 amide bonds. The summed E-state index contributed by atoms with van der Waals surface area (Å²) in [5.74, 6) is -0.297. The maximum atomic E-state index is 12.2. The normalized spacial score (nSPS) is 35.7. The van der Waals surface area contributed by atoms with E-state index in [0.717, 1.165) is 25.9 Å². The van der Waals surface area contributed by atoms with Gasteiger partial charge in [-0.3, -0.25) is 0 Å². The van der Waals surface area contributed by atoms with Crippen molar-refractivity contribution in [1.29, 1.82) is 0 Å². The van der Waals surface area contributed by atoms with E-state index in [0.29, 0.717) is 0 Å². The van der Waals surface area contributed by atoms with Gasteiger partial charge in [-0.15, -0.1) is 0 Å². The van der Waals surface area contributed by atoms with Gasteiger partial charge in [0.25, 0.3) is 0 Å². The Balaban J connectivity index is 1.99. The molecule has 0 aromatic carbocycles. The third-order valence-corrected chi connectivity index (χ3v) is 3.00. The van der Waals surface area contributed by atoms with Crippen LogP contribution in [0.15, 0.2) is 0 Å². The predicted molar refractivity (Wildman–Crippen MR) is 34.0 cm³/mol. The van der Waals surface area contributed by atoms with Crippen LogP contribution in [-0.4, -0.2) is 19.5 Å². The fourth-order valence-electron chi connectivity index (χ4n) is 2.00. The van der Waals surface area contributed by atoms with E-state index in [4.69, 9.17) is 0 Å². The molecule has 0 aromatic rings. The second kappa shape index (κ2) is 1.91. The molecule has 58 valence electrons. The van der Waals surface area contributed by atoms with Crippen LogP contribution in [0.5, 0.6) is 0 Å².